The van der Waals surface area contributed by atoms with Crippen LogP contribution in [0.25, 0.3) is 11.3 Å². The predicted octanol–water partition coefficient (Wildman–Crippen LogP) is 2.44. The Kier molecular flexibility index (Phi) is 5.51. The van der Waals surface area contributed by atoms with Crippen molar-refractivity contribution in [2.45, 2.75) is 0 Å². The van der Waals surface area contributed by atoms with Crippen LogP contribution in [-0.4, -0.2) is 57.4 Å². The average molecular weight is 331 g/mol. The van der Waals surface area contributed by atoms with E-state index in [0.29, 0.717) is 12.4 Å². The molecule has 1 aliphatic heterocycles. The third-order valence-corrected chi connectivity index (χ3v) is 3.91. The van der Waals surface area contributed by atoms with Gasteiger partial charge >= 0.3 is 5.97 Å². The summed E-state index contributed by atoms with van der Waals surface area (Å²) in [5.41, 5.74) is 0.880. The summed E-state index contributed by atoms with van der Waals surface area (Å²) < 4.78 is 21.2. The monoisotopic (exact) mass is 331 g/mol. The standard InChI is InChI=1S/C18H21NO5/c1-21-18(20)17-7-6-16(24-17)14-2-4-15(5-3-14)23-13-10-19-8-11-22-12-9-19/h2-7H,8-13H2,1H3. The van der Waals surface area contributed by atoms with Gasteiger partial charge in [-0.25, -0.2) is 4.79 Å². The molecule has 3 rings (SSSR count). The minimum Gasteiger partial charge on any atom is -0.492 e. The number of nitrogens with zero attached hydrogens (tertiary/aromatic N) is 1. The van der Waals surface area contributed by atoms with Crippen LogP contribution in [0.3, 0.4) is 0 Å². The molecule has 1 saturated heterocycles. The summed E-state index contributed by atoms with van der Waals surface area (Å²) in [6, 6.07) is 11.0. The molecule has 1 aromatic heterocycles. The highest BCUT2D eigenvalue weighted by Gasteiger charge is 2.12. The average Bonchev–Trinajstić information content (AvgIpc) is 3.13. The molecule has 0 saturated carbocycles. The Balaban J connectivity index is 1.53. The number of carbonyl (C=O) groups is 1. The molecule has 0 aliphatic carbocycles. The largest absolute Gasteiger partial charge is 0.492 e. The summed E-state index contributed by atoms with van der Waals surface area (Å²) in [6.07, 6.45) is 0. The fourth-order valence-electron chi connectivity index (χ4n) is 2.54. The molecule has 0 radical (unpaired) electrons. The van der Waals surface area contributed by atoms with E-state index < -0.39 is 5.97 Å². The SMILES string of the molecule is COC(=O)c1ccc(-c2ccc(OCCN3CCOCC3)cc2)o1. The highest BCUT2D eigenvalue weighted by molar-refractivity contribution is 5.87. The highest BCUT2D eigenvalue weighted by Crippen LogP contribution is 2.24. The molecule has 1 fully saturated rings. The summed E-state index contributed by atoms with van der Waals surface area (Å²) in [4.78, 5) is 13.7. The number of morpholine rings is 1. The Morgan fingerprint density at radius 3 is 2.58 bits per heavy atom. The Hall–Kier alpha value is -2.31. The van der Waals surface area contributed by atoms with Gasteiger partial charge in [0.1, 0.15) is 18.1 Å². The molecular formula is C18H21NO5. The first-order valence-corrected chi connectivity index (χ1v) is 7.98. The van der Waals surface area contributed by atoms with Crippen LogP contribution in [0.15, 0.2) is 40.8 Å². The normalized spacial score (nSPS) is 15.2. The second kappa shape index (κ2) is 7.99. The van der Waals surface area contributed by atoms with Gasteiger partial charge in [-0.3, -0.25) is 4.90 Å². The van der Waals surface area contributed by atoms with Crippen LogP contribution in [0, 0.1) is 0 Å². The van der Waals surface area contributed by atoms with Gasteiger partial charge in [0.25, 0.3) is 0 Å². The van der Waals surface area contributed by atoms with Crippen molar-refractivity contribution in [1.29, 1.82) is 0 Å². The van der Waals surface area contributed by atoms with Crippen LogP contribution in [0.4, 0.5) is 0 Å². The zero-order valence-corrected chi connectivity index (χ0v) is 13.7. The number of ether oxygens (including phenoxy) is 3. The molecule has 0 N–H and O–H groups in total. The second-order valence-electron chi connectivity index (χ2n) is 5.48. The second-order valence-corrected chi connectivity index (χ2v) is 5.48. The third-order valence-electron chi connectivity index (χ3n) is 3.91. The fourth-order valence-corrected chi connectivity index (χ4v) is 2.54. The number of esters is 1. The Morgan fingerprint density at radius 1 is 1.12 bits per heavy atom. The first-order valence-electron chi connectivity index (χ1n) is 7.98. The maximum atomic E-state index is 11.4. The molecular weight excluding hydrogens is 310 g/mol. The zero-order chi connectivity index (χ0) is 16.8. The maximum absolute atomic E-state index is 11.4. The molecule has 0 spiro atoms. The molecule has 0 amide bonds. The van der Waals surface area contributed by atoms with E-state index in [1.807, 2.05) is 24.3 Å². The summed E-state index contributed by atoms with van der Waals surface area (Å²) >= 11 is 0. The van der Waals surface area contributed by atoms with Gasteiger partial charge in [-0.2, -0.15) is 0 Å². The number of hydrogen-bond donors (Lipinski definition) is 0. The fraction of sp³-hybridized carbons (Fsp3) is 0.389. The molecule has 1 aliphatic rings. The smallest absolute Gasteiger partial charge is 0.373 e. The maximum Gasteiger partial charge on any atom is 0.373 e. The van der Waals surface area contributed by atoms with Crippen molar-refractivity contribution in [3.63, 3.8) is 0 Å². The lowest BCUT2D eigenvalue weighted by atomic mass is 10.2. The molecule has 6 nitrogen and oxygen atoms in total. The molecule has 2 heterocycles. The van der Waals surface area contributed by atoms with Crippen LogP contribution in [0.5, 0.6) is 5.75 Å². The van der Waals surface area contributed by atoms with E-state index in [-0.39, 0.29) is 5.76 Å². The van der Waals surface area contributed by atoms with Crippen molar-refractivity contribution in [2.24, 2.45) is 0 Å². The van der Waals surface area contributed by atoms with Gasteiger partial charge in [-0.1, -0.05) is 0 Å². The summed E-state index contributed by atoms with van der Waals surface area (Å²) in [5.74, 6) is 1.14. The first kappa shape index (κ1) is 16.5. The summed E-state index contributed by atoms with van der Waals surface area (Å²) in [6.45, 7) is 5.06. The molecule has 2 aromatic rings. The molecule has 0 atom stereocenters. The van der Waals surface area contributed by atoms with E-state index >= 15 is 0 Å². The number of hydrogen-bond acceptors (Lipinski definition) is 6. The number of rotatable bonds is 6. The van der Waals surface area contributed by atoms with Crippen molar-refractivity contribution >= 4 is 5.97 Å². The van der Waals surface area contributed by atoms with Crippen LogP contribution in [-0.2, 0) is 9.47 Å². The molecule has 128 valence electrons. The van der Waals surface area contributed by atoms with E-state index in [9.17, 15) is 4.79 Å². The molecule has 1 aromatic carbocycles. The molecule has 0 bridgehead atoms. The lowest BCUT2D eigenvalue weighted by Gasteiger charge is -2.26. The Morgan fingerprint density at radius 2 is 1.88 bits per heavy atom. The summed E-state index contributed by atoms with van der Waals surface area (Å²) in [7, 11) is 1.33. The van der Waals surface area contributed by atoms with E-state index in [4.69, 9.17) is 13.9 Å². The van der Waals surface area contributed by atoms with Crippen molar-refractivity contribution in [3.8, 4) is 17.1 Å². The van der Waals surface area contributed by atoms with Crippen LogP contribution < -0.4 is 4.74 Å². The van der Waals surface area contributed by atoms with Gasteiger partial charge in [0, 0.05) is 25.2 Å². The first-order chi connectivity index (χ1) is 11.8. The lowest BCUT2D eigenvalue weighted by molar-refractivity contribution is 0.0322. The summed E-state index contributed by atoms with van der Waals surface area (Å²) in [5, 5.41) is 0. The van der Waals surface area contributed by atoms with Gasteiger partial charge in [0.05, 0.1) is 20.3 Å². The molecule has 0 unspecified atom stereocenters. The Labute approximate surface area is 140 Å². The zero-order valence-electron chi connectivity index (χ0n) is 13.7. The van der Waals surface area contributed by atoms with Crippen LogP contribution >= 0.6 is 0 Å². The Bertz CT molecular complexity index is 658. The molecule has 6 heteroatoms. The van der Waals surface area contributed by atoms with E-state index in [1.165, 1.54) is 7.11 Å². The predicted molar refractivity (Wildman–Crippen MR) is 88.2 cm³/mol. The van der Waals surface area contributed by atoms with Gasteiger partial charge in [0.15, 0.2) is 0 Å². The minimum atomic E-state index is -0.482. The highest BCUT2D eigenvalue weighted by atomic mass is 16.5. The van der Waals surface area contributed by atoms with Gasteiger partial charge in [-0.15, -0.1) is 0 Å². The van der Waals surface area contributed by atoms with Gasteiger partial charge in [-0.05, 0) is 36.4 Å². The minimum absolute atomic E-state index is 0.193. The van der Waals surface area contributed by atoms with Gasteiger partial charge < -0.3 is 18.6 Å². The quantitative estimate of drug-likeness (QED) is 0.758. The number of furan rings is 1. The number of methoxy groups -OCH3 is 1. The van der Waals surface area contributed by atoms with Crippen molar-refractivity contribution in [3.05, 3.63) is 42.2 Å². The van der Waals surface area contributed by atoms with Crippen molar-refractivity contribution in [2.75, 3.05) is 46.6 Å². The van der Waals surface area contributed by atoms with E-state index in [0.717, 1.165) is 44.2 Å². The van der Waals surface area contributed by atoms with E-state index in [2.05, 4.69) is 9.64 Å². The lowest BCUT2D eigenvalue weighted by Crippen LogP contribution is -2.38. The van der Waals surface area contributed by atoms with Gasteiger partial charge in [0.2, 0.25) is 5.76 Å². The third kappa shape index (κ3) is 4.15. The van der Waals surface area contributed by atoms with Crippen LogP contribution in [0.2, 0.25) is 0 Å². The topological polar surface area (TPSA) is 61.1 Å². The van der Waals surface area contributed by atoms with E-state index in [1.54, 1.807) is 12.1 Å². The van der Waals surface area contributed by atoms with Crippen LogP contribution in [0.1, 0.15) is 10.6 Å². The van der Waals surface area contributed by atoms with Crippen molar-refractivity contribution in [1.82, 2.24) is 4.90 Å². The number of benzene rings is 1. The number of carbonyl (C=O) groups excluding carboxylic acids is 1. The molecule has 24 heavy (non-hydrogen) atoms. The van der Waals surface area contributed by atoms with Crippen molar-refractivity contribution < 1.29 is 23.4 Å².